The predicted octanol–water partition coefficient (Wildman–Crippen LogP) is 3.61. The van der Waals surface area contributed by atoms with Crippen LogP contribution < -0.4 is 15.5 Å². The molecular formula is C23H28ClN4O+. The van der Waals surface area contributed by atoms with Gasteiger partial charge in [0, 0.05) is 16.9 Å². The maximum Gasteiger partial charge on any atom is 0.243 e. The fourth-order valence-corrected chi connectivity index (χ4v) is 4.17. The lowest BCUT2D eigenvalue weighted by Crippen LogP contribution is -3.11. The molecule has 0 radical (unpaired) electrons. The van der Waals surface area contributed by atoms with E-state index >= 15 is 0 Å². The molecule has 0 bridgehead atoms. The first-order valence-corrected chi connectivity index (χ1v) is 10.6. The van der Waals surface area contributed by atoms with E-state index in [1.165, 1.54) is 42.6 Å². The number of nitrogens with zero attached hydrogens (tertiary/aromatic N) is 1. The summed E-state index contributed by atoms with van der Waals surface area (Å²) < 4.78 is 0. The van der Waals surface area contributed by atoms with Crippen molar-refractivity contribution in [2.45, 2.75) is 44.7 Å². The third kappa shape index (κ3) is 5.96. The van der Waals surface area contributed by atoms with Gasteiger partial charge in [0.2, 0.25) is 5.91 Å². The zero-order valence-electron chi connectivity index (χ0n) is 16.8. The Hall–Kier alpha value is -2.55. The molecular weight excluding hydrogens is 384 g/mol. The summed E-state index contributed by atoms with van der Waals surface area (Å²) >= 11 is 6.03. The fraction of sp³-hybridized carbons (Fsp3) is 0.391. The maximum atomic E-state index is 12.3. The number of benzene rings is 2. The van der Waals surface area contributed by atoms with Crippen LogP contribution in [0.15, 0.2) is 42.5 Å². The Morgan fingerprint density at radius 3 is 2.69 bits per heavy atom. The Labute approximate surface area is 177 Å². The molecule has 152 valence electrons. The van der Waals surface area contributed by atoms with Gasteiger partial charge in [-0.3, -0.25) is 4.79 Å². The lowest BCUT2D eigenvalue weighted by molar-refractivity contribution is -0.921. The number of anilines is 2. The molecule has 0 aromatic heterocycles. The van der Waals surface area contributed by atoms with Crippen molar-refractivity contribution in [3.05, 3.63) is 58.6 Å². The zero-order valence-corrected chi connectivity index (χ0v) is 17.6. The molecule has 0 heterocycles. The molecule has 1 atom stereocenters. The number of nitrogens with one attached hydrogen (secondary N) is 3. The van der Waals surface area contributed by atoms with E-state index in [4.69, 9.17) is 16.9 Å². The van der Waals surface area contributed by atoms with Gasteiger partial charge < -0.3 is 15.5 Å². The van der Waals surface area contributed by atoms with Crippen LogP contribution in [-0.4, -0.2) is 25.5 Å². The number of carbonyl (C=O) groups excluding carboxylic acids is 1. The Morgan fingerprint density at radius 2 is 1.97 bits per heavy atom. The van der Waals surface area contributed by atoms with E-state index in [0.717, 1.165) is 18.3 Å². The van der Waals surface area contributed by atoms with Crippen LogP contribution in [0.5, 0.6) is 0 Å². The molecule has 6 heteroatoms. The standard InChI is InChI=1S/C23H27ClN4O/c1-28(20-8-3-2-4-9-20)16-18-7-5-6-10-22(18)26-15-23(29)27-19-12-11-17(14-25)21(24)13-19/h5-7,10-13,20,26H,2-4,8-9,15-16H2,1H3,(H,27,29)/p+1. The van der Waals surface area contributed by atoms with Gasteiger partial charge in [0.25, 0.3) is 0 Å². The lowest BCUT2D eigenvalue weighted by Gasteiger charge is -2.28. The second-order valence-corrected chi connectivity index (χ2v) is 8.13. The molecule has 1 aliphatic carbocycles. The highest BCUT2D eigenvalue weighted by atomic mass is 35.5. The van der Waals surface area contributed by atoms with Crippen molar-refractivity contribution in [1.82, 2.24) is 0 Å². The minimum Gasteiger partial charge on any atom is -0.376 e. The third-order valence-electron chi connectivity index (χ3n) is 5.60. The largest absolute Gasteiger partial charge is 0.376 e. The van der Waals surface area contributed by atoms with Crippen LogP contribution in [0.1, 0.15) is 43.2 Å². The van der Waals surface area contributed by atoms with E-state index in [1.54, 1.807) is 18.2 Å². The van der Waals surface area contributed by atoms with Crippen LogP contribution in [0.2, 0.25) is 5.02 Å². The van der Waals surface area contributed by atoms with Gasteiger partial charge in [-0.1, -0.05) is 36.2 Å². The zero-order chi connectivity index (χ0) is 20.6. The number of para-hydroxylation sites is 1. The summed E-state index contributed by atoms with van der Waals surface area (Å²) in [5, 5.41) is 15.4. The summed E-state index contributed by atoms with van der Waals surface area (Å²) in [5.41, 5.74) is 3.19. The summed E-state index contributed by atoms with van der Waals surface area (Å²) in [5.74, 6) is -0.159. The number of carbonyl (C=O) groups is 1. The van der Waals surface area contributed by atoms with E-state index < -0.39 is 0 Å². The summed E-state index contributed by atoms with van der Waals surface area (Å²) in [6.45, 7) is 1.11. The first-order chi connectivity index (χ1) is 14.1. The first-order valence-electron chi connectivity index (χ1n) is 10.2. The summed E-state index contributed by atoms with van der Waals surface area (Å²) in [7, 11) is 2.27. The third-order valence-corrected chi connectivity index (χ3v) is 5.91. The Kier molecular flexibility index (Phi) is 7.51. The van der Waals surface area contributed by atoms with Crippen LogP contribution in [0.4, 0.5) is 11.4 Å². The van der Waals surface area contributed by atoms with E-state index in [1.807, 2.05) is 24.3 Å². The Balaban J connectivity index is 1.57. The van der Waals surface area contributed by atoms with Gasteiger partial charge in [-0.25, -0.2) is 0 Å². The molecule has 1 amide bonds. The van der Waals surface area contributed by atoms with Crippen LogP contribution in [0, 0.1) is 11.3 Å². The summed E-state index contributed by atoms with van der Waals surface area (Å²) in [4.78, 5) is 13.9. The first kappa shape index (κ1) is 21.2. The molecule has 1 saturated carbocycles. The molecule has 3 N–H and O–H groups in total. The van der Waals surface area contributed by atoms with Crippen molar-refractivity contribution in [1.29, 1.82) is 5.26 Å². The maximum absolute atomic E-state index is 12.3. The van der Waals surface area contributed by atoms with E-state index in [9.17, 15) is 4.79 Å². The van der Waals surface area contributed by atoms with Crippen molar-refractivity contribution in [2.75, 3.05) is 24.2 Å². The van der Waals surface area contributed by atoms with Crippen molar-refractivity contribution in [2.24, 2.45) is 0 Å². The normalized spacial score (nSPS) is 15.3. The summed E-state index contributed by atoms with van der Waals surface area (Å²) in [6, 6.07) is 15.8. The van der Waals surface area contributed by atoms with Gasteiger partial charge in [-0.2, -0.15) is 5.26 Å². The minimum atomic E-state index is -0.159. The highest BCUT2D eigenvalue weighted by molar-refractivity contribution is 6.32. The highest BCUT2D eigenvalue weighted by Crippen LogP contribution is 2.20. The number of hydrogen-bond donors (Lipinski definition) is 3. The Morgan fingerprint density at radius 1 is 1.21 bits per heavy atom. The van der Waals surface area contributed by atoms with Gasteiger partial charge in [-0.05, 0) is 49.9 Å². The molecule has 0 aliphatic heterocycles. The average Bonchev–Trinajstić information content (AvgIpc) is 2.74. The second-order valence-electron chi connectivity index (χ2n) is 7.72. The van der Waals surface area contributed by atoms with Crippen LogP contribution >= 0.6 is 11.6 Å². The van der Waals surface area contributed by atoms with E-state index in [2.05, 4.69) is 23.7 Å². The number of hydrogen-bond acceptors (Lipinski definition) is 3. The van der Waals surface area contributed by atoms with Crippen molar-refractivity contribution in [3.63, 3.8) is 0 Å². The molecule has 1 aliphatic rings. The van der Waals surface area contributed by atoms with Gasteiger partial charge in [0.05, 0.1) is 30.2 Å². The molecule has 2 aromatic rings. The molecule has 1 unspecified atom stereocenters. The number of rotatable bonds is 7. The summed E-state index contributed by atoms with van der Waals surface area (Å²) in [6.07, 6.45) is 6.64. The molecule has 2 aromatic carbocycles. The van der Waals surface area contributed by atoms with Crippen LogP contribution in [-0.2, 0) is 11.3 Å². The van der Waals surface area contributed by atoms with Gasteiger partial charge in [0.1, 0.15) is 12.6 Å². The fourth-order valence-electron chi connectivity index (χ4n) is 3.95. The monoisotopic (exact) mass is 411 g/mol. The predicted molar refractivity (Wildman–Crippen MR) is 117 cm³/mol. The molecule has 5 nitrogen and oxygen atoms in total. The van der Waals surface area contributed by atoms with Crippen molar-refractivity contribution in [3.8, 4) is 6.07 Å². The number of nitriles is 1. The van der Waals surface area contributed by atoms with Crippen LogP contribution in [0.3, 0.4) is 0 Å². The molecule has 0 spiro atoms. The Bertz CT molecular complexity index is 887. The smallest absolute Gasteiger partial charge is 0.243 e. The number of amides is 1. The lowest BCUT2D eigenvalue weighted by atomic mass is 9.94. The SMILES string of the molecule is C[NH+](Cc1ccccc1NCC(=O)Nc1ccc(C#N)c(Cl)c1)C1CCCCC1. The van der Waals surface area contributed by atoms with Gasteiger partial charge in [-0.15, -0.1) is 0 Å². The molecule has 1 fully saturated rings. The number of quaternary nitrogens is 1. The molecule has 0 saturated heterocycles. The highest BCUT2D eigenvalue weighted by Gasteiger charge is 2.22. The molecule has 29 heavy (non-hydrogen) atoms. The van der Waals surface area contributed by atoms with Gasteiger partial charge in [0.15, 0.2) is 0 Å². The van der Waals surface area contributed by atoms with Crippen LogP contribution in [0.25, 0.3) is 0 Å². The van der Waals surface area contributed by atoms with Gasteiger partial charge >= 0.3 is 0 Å². The van der Waals surface area contributed by atoms with E-state index in [-0.39, 0.29) is 12.5 Å². The molecule has 3 rings (SSSR count). The number of halogens is 1. The average molecular weight is 412 g/mol. The van der Waals surface area contributed by atoms with Crippen molar-refractivity contribution >= 4 is 28.9 Å². The minimum absolute atomic E-state index is 0.159. The quantitative estimate of drug-likeness (QED) is 0.651. The van der Waals surface area contributed by atoms with E-state index in [0.29, 0.717) is 16.3 Å². The topological polar surface area (TPSA) is 69.4 Å². The second kappa shape index (κ2) is 10.3. The van der Waals surface area contributed by atoms with Crippen molar-refractivity contribution < 1.29 is 9.69 Å².